The highest BCUT2D eigenvalue weighted by molar-refractivity contribution is 5.85. The van der Waals surface area contributed by atoms with E-state index in [9.17, 15) is 4.79 Å². The molecule has 0 atom stereocenters. The maximum absolute atomic E-state index is 11.8. The first kappa shape index (κ1) is 15.7. The van der Waals surface area contributed by atoms with Crippen LogP contribution in [-0.2, 0) is 4.79 Å². The van der Waals surface area contributed by atoms with E-state index in [0.29, 0.717) is 18.4 Å². The summed E-state index contributed by atoms with van der Waals surface area (Å²) in [5.74, 6) is 0.303. The number of carbonyl (C=O) groups is 1. The Kier molecular flexibility index (Phi) is 6.34. The standard InChI is InChI=1S/C12H24N2O.ClH/c1-12(2,3)7-4-11(15)14-8-5-10(13)6-9-14;/h10H,4-9,13H2,1-3H3;1H. The first-order valence-corrected chi connectivity index (χ1v) is 5.92. The van der Waals surface area contributed by atoms with Gasteiger partial charge >= 0.3 is 0 Å². The summed E-state index contributed by atoms with van der Waals surface area (Å²) >= 11 is 0. The van der Waals surface area contributed by atoms with Crippen molar-refractivity contribution >= 4 is 18.3 Å². The van der Waals surface area contributed by atoms with Gasteiger partial charge in [-0.3, -0.25) is 4.79 Å². The average molecular weight is 249 g/mol. The van der Waals surface area contributed by atoms with Gasteiger partial charge in [-0.2, -0.15) is 0 Å². The lowest BCUT2D eigenvalue weighted by Crippen LogP contribution is -2.42. The fraction of sp³-hybridized carbons (Fsp3) is 0.917. The number of hydrogen-bond donors (Lipinski definition) is 1. The molecule has 0 aromatic carbocycles. The van der Waals surface area contributed by atoms with Crippen LogP contribution in [0.15, 0.2) is 0 Å². The van der Waals surface area contributed by atoms with E-state index in [1.807, 2.05) is 4.90 Å². The van der Waals surface area contributed by atoms with Crippen LogP contribution in [0.1, 0.15) is 46.5 Å². The van der Waals surface area contributed by atoms with Crippen molar-refractivity contribution in [3.05, 3.63) is 0 Å². The predicted octanol–water partition coefficient (Wildman–Crippen LogP) is 2.18. The van der Waals surface area contributed by atoms with Gasteiger partial charge in [0.1, 0.15) is 0 Å². The smallest absolute Gasteiger partial charge is 0.222 e. The molecule has 3 nitrogen and oxygen atoms in total. The molecule has 0 spiro atoms. The Morgan fingerprint density at radius 1 is 1.31 bits per heavy atom. The zero-order valence-corrected chi connectivity index (χ0v) is 11.5. The van der Waals surface area contributed by atoms with Crippen LogP contribution in [0.25, 0.3) is 0 Å². The summed E-state index contributed by atoms with van der Waals surface area (Å²) in [6.07, 6.45) is 3.57. The Hall–Kier alpha value is -0.280. The van der Waals surface area contributed by atoms with E-state index in [1.54, 1.807) is 0 Å². The SMILES string of the molecule is CC(C)(C)CCC(=O)N1CCC(N)CC1.Cl. The summed E-state index contributed by atoms with van der Waals surface area (Å²) in [5, 5.41) is 0. The minimum absolute atomic E-state index is 0. The van der Waals surface area contributed by atoms with Crippen molar-refractivity contribution < 1.29 is 4.79 Å². The third kappa shape index (κ3) is 5.71. The van der Waals surface area contributed by atoms with E-state index in [2.05, 4.69) is 20.8 Å². The summed E-state index contributed by atoms with van der Waals surface area (Å²) in [6.45, 7) is 8.22. The second kappa shape index (κ2) is 6.45. The predicted molar refractivity (Wildman–Crippen MR) is 69.7 cm³/mol. The molecule has 2 N–H and O–H groups in total. The maximum Gasteiger partial charge on any atom is 0.222 e. The van der Waals surface area contributed by atoms with Crippen molar-refractivity contribution in [2.75, 3.05) is 13.1 Å². The maximum atomic E-state index is 11.8. The van der Waals surface area contributed by atoms with Crippen LogP contribution < -0.4 is 5.73 Å². The van der Waals surface area contributed by atoms with E-state index < -0.39 is 0 Å². The number of rotatable bonds is 2. The third-order valence-corrected chi connectivity index (χ3v) is 2.98. The Bertz CT molecular complexity index is 218. The molecule has 1 heterocycles. The van der Waals surface area contributed by atoms with Crippen molar-refractivity contribution in [1.82, 2.24) is 4.90 Å². The average Bonchev–Trinajstić information content (AvgIpc) is 2.14. The Morgan fingerprint density at radius 2 is 1.81 bits per heavy atom. The molecule has 0 saturated carbocycles. The highest BCUT2D eigenvalue weighted by atomic mass is 35.5. The van der Waals surface area contributed by atoms with Gasteiger partial charge in [-0.1, -0.05) is 20.8 Å². The molecule has 0 aromatic heterocycles. The Morgan fingerprint density at radius 3 is 2.25 bits per heavy atom. The largest absolute Gasteiger partial charge is 0.343 e. The first-order valence-electron chi connectivity index (χ1n) is 5.92. The molecule has 1 aliphatic heterocycles. The number of amides is 1. The quantitative estimate of drug-likeness (QED) is 0.814. The number of halogens is 1. The van der Waals surface area contributed by atoms with Crippen LogP contribution in [0.2, 0.25) is 0 Å². The van der Waals surface area contributed by atoms with Crippen LogP contribution in [-0.4, -0.2) is 29.9 Å². The second-order valence-corrected chi connectivity index (χ2v) is 5.78. The Balaban J connectivity index is 0.00000225. The van der Waals surface area contributed by atoms with Crippen molar-refractivity contribution in [3.8, 4) is 0 Å². The fourth-order valence-corrected chi connectivity index (χ4v) is 1.79. The van der Waals surface area contributed by atoms with Crippen molar-refractivity contribution in [3.63, 3.8) is 0 Å². The van der Waals surface area contributed by atoms with E-state index in [0.717, 1.165) is 32.4 Å². The lowest BCUT2D eigenvalue weighted by molar-refractivity contribution is -0.132. The monoisotopic (exact) mass is 248 g/mol. The summed E-state index contributed by atoms with van der Waals surface area (Å²) in [4.78, 5) is 13.8. The molecule has 16 heavy (non-hydrogen) atoms. The summed E-state index contributed by atoms with van der Waals surface area (Å²) in [6, 6.07) is 0.302. The number of nitrogens with zero attached hydrogens (tertiary/aromatic N) is 1. The van der Waals surface area contributed by atoms with Crippen molar-refractivity contribution in [2.24, 2.45) is 11.1 Å². The van der Waals surface area contributed by atoms with Gasteiger partial charge in [-0.25, -0.2) is 0 Å². The van der Waals surface area contributed by atoms with Gasteiger partial charge in [0.05, 0.1) is 0 Å². The van der Waals surface area contributed by atoms with E-state index in [4.69, 9.17) is 5.73 Å². The van der Waals surface area contributed by atoms with E-state index in [1.165, 1.54) is 0 Å². The van der Waals surface area contributed by atoms with E-state index in [-0.39, 0.29) is 17.8 Å². The molecule has 1 aliphatic rings. The number of carbonyl (C=O) groups excluding carboxylic acids is 1. The number of likely N-dealkylation sites (tertiary alicyclic amines) is 1. The van der Waals surface area contributed by atoms with Gasteiger partial charge in [0.15, 0.2) is 0 Å². The second-order valence-electron chi connectivity index (χ2n) is 5.78. The molecule has 1 rings (SSSR count). The molecule has 0 radical (unpaired) electrons. The molecule has 1 saturated heterocycles. The van der Waals surface area contributed by atoms with Gasteiger partial charge in [0.25, 0.3) is 0 Å². The molecule has 0 aromatic rings. The number of hydrogen-bond acceptors (Lipinski definition) is 2. The van der Waals surface area contributed by atoms with Crippen molar-refractivity contribution in [2.45, 2.75) is 52.5 Å². The minimum atomic E-state index is 0. The van der Waals surface area contributed by atoms with E-state index >= 15 is 0 Å². The van der Waals surface area contributed by atoms with Crippen LogP contribution >= 0.6 is 12.4 Å². The minimum Gasteiger partial charge on any atom is -0.343 e. The molecule has 1 fully saturated rings. The van der Waals surface area contributed by atoms with Gasteiger partial charge in [0, 0.05) is 25.6 Å². The van der Waals surface area contributed by atoms with Gasteiger partial charge in [-0.05, 0) is 24.7 Å². The number of nitrogens with two attached hydrogens (primary N) is 1. The molecule has 4 heteroatoms. The van der Waals surface area contributed by atoms with Crippen LogP contribution in [0, 0.1) is 5.41 Å². The summed E-state index contributed by atoms with van der Waals surface area (Å²) < 4.78 is 0. The van der Waals surface area contributed by atoms with Gasteiger partial charge < -0.3 is 10.6 Å². The zero-order chi connectivity index (χ0) is 11.5. The molecular formula is C12H25ClN2O. The number of piperidine rings is 1. The lowest BCUT2D eigenvalue weighted by Gasteiger charge is -2.31. The third-order valence-electron chi connectivity index (χ3n) is 2.98. The fourth-order valence-electron chi connectivity index (χ4n) is 1.79. The molecule has 1 amide bonds. The van der Waals surface area contributed by atoms with Crippen molar-refractivity contribution in [1.29, 1.82) is 0 Å². The molecule has 96 valence electrons. The zero-order valence-electron chi connectivity index (χ0n) is 10.7. The van der Waals surface area contributed by atoms with Crippen LogP contribution in [0.4, 0.5) is 0 Å². The van der Waals surface area contributed by atoms with Gasteiger partial charge in [0.2, 0.25) is 5.91 Å². The molecule has 0 bridgehead atoms. The molecular weight excluding hydrogens is 224 g/mol. The summed E-state index contributed by atoms with van der Waals surface area (Å²) in [7, 11) is 0. The lowest BCUT2D eigenvalue weighted by atomic mass is 9.90. The normalized spacial score (nSPS) is 18.1. The van der Waals surface area contributed by atoms with Crippen LogP contribution in [0.5, 0.6) is 0 Å². The topological polar surface area (TPSA) is 46.3 Å². The highest BCUT2D eigenvalue weighted by Gasteiger charge is 2.21. The van der Waals surface area contributed by atoms with Gasteiger partial charge in [-0.15, -0.1) is 12.4 Å². The molecule has 0 aliphatic carbocycles. The van der Waals surface area contributed by atoms with Crippen LogP contribution in [0.3, 0.4) is 0 Å². The Labute approximate surface area is 105 Å². The highest BCUT2D eigenvalue weighted by Crippen LogP contribution is 2.21. The molecule has 0 unspecified atom stereocenters. The first-order chi connectivity index (χ1) is 6.88. The summed E-state index contributed by atoms with van der Waals surface area (Å²) in [5.41, 5.74) is 6.05.